The van der Waals surface area contributed by atoms with Crippen molar-refractivity contribution in [3.63, 3.8) is 0 Å². The smallest absolute Gasteiger partial charge is 0.248 e. The summed E-state index contributed by atoms with van der Waals surface area (Å²) in [5, 5.41) is 8.11. The van der Waals surface area contributed by atoms with Crippen LogP contribution in [0.1, 0.15) is 37.5 Å². The fourth-order valence-electron chi connectivity index (χ4n) is 2.34. The minimum atomic E-state index is -0.311. The normalized spacial score (nSPS) is 16.3. The van der Waals surface area contributed by atoms with E-state index in [9.17, 15) is 4.39 Å². The van der Waals surface area contributed by atoms with Crippen LogP contribution in [0.25, 0.3) is 11.5 Å². The molecule has 0 aliphatic heterocycles. The van der Waals surface area contributed by atoms with Gasteiger partial charge in [-0.2, -0.15) is 0 Å². The van der Waals surface area contributed by atoms with Gasteiger partial charge in [-0.3, -0.25) is 0 Å². The van der Waals surface area contributed by atoms with Crippen molar-refractivity contribution in [2.45, 2.75) is 31.6 Å². The largest absolute Gasteiger partial charge is 0.420 e. The summed E-state index contributed by atoms with van der Waals surface area (Å²) in [4.78, 5) is 0. The van der Waals surface area contributed by atoms with Crippen molar-refractivity contribution in [2.24, 2.45) is 0 Å². The van der Waals surface area contributed by atoms with E-state index in [1.54, 1.807) is 6.07 Å². The molecule has 1 fully saturated rings. The summed E-state index contributed by atoms with van der Waals surface area (Å²) in [6.45, 7) is 0. The molecule has 3 nitrogen and oxygen atoms in total. The molecular weight excluding hydrogens is 299 g/mol. The second kappa shape index (κ2) is 4.80. The molecule has 3 rings (SSSR count). The van der Waals surface area contributed by atoms with E-state index in [0.717, 1.165) is 17.3 Å². The van der Waals surface area contributed by atoms with Crippen molar-refractivity contribution >= 4 is 15.9 Å². The fourth-order valence-corrected chi connectivity index (χ4v) is 2.76. The number of hydrogen-bond acceptors (Lipinski definition) is 3. The predicted octanol–water partition coefficient (Wildman–Crippen LogP) is 4.30. The molecule has 1 aromatic heterocycles. The average molecular weight is 311 g/mol. The first kappa shape index (κ1) is 11.8. The molecule has 1 heterocycles. The van der Waals surface area contributed by atoms with Crippen molar-refractivity contribution in [1.29, 1.82) is 0 Å². The van der Waals surface area contributed by atoms with Gasteiger partial charge in [-0.05, 0) is 47.0 Å². The van der Waals surface area contributed by atoms with Crippen molar-refractivity contribution in [1.82, 2.24) is 10.2 Å². The van der Waals surface area contributed by atoms with Gasteiger partial charge >= 0.3 is 0 Å². The van der Waals surface area contributed by atoms with E-state index in [0.29, 0.717) is 23.3 Å². The van der Waals surface area contributed by atoms with Crippen LogP contribution in [0.3, 0.4) is 0 Å². The molecule has 94 valence electrons. The molecule has 1 aliphatic carbocycles. The molecule has 0 amide bonds. The maximum absolute atomic E-state index is 13.2. The lowest BCUT2D eigenvalue weighted by Crippen LogP contribution is -1.91. The maximum atomic E-state index is 13.2. The van der Waals surface area contributed by atoms with E-state index in [2.05, 4.69) is 26.1 Å². The summed E-state index contributed by atoms with van der Waals surface area (Å²) in [5.74, 6) is 1.12. The van der Waals surface area contributed by atoms with Crippen LogP contribution >= 0.6 is 15.9 Å². The molecule has 0 spiro atoms. The Bertz CT molecular complexity index is 564. The van der Waals surface area contributed by atoms with Crippen LogP contribution in [0.5, 0.6) is 0 Å². The Morgan fingerprint density at radius 3 is 2.78 bits per heavy atom. The van der Waals surface area contributed by atoms with E-state index in [-0.39, 0.29) is 5.82 Å². The van der Waals surface area contributed by atoms with Crippen LogP contribution in [0, 0.1) is 5.82 Å². The Balaban J connectivity index is 1.94. The number of halogens is 2. The molecule has 0 radical (unpaired) electrons. The zero-order valence-corrected chi connectivity index (χ0v) is 11.3. The minimum absolute atomic E-state index is 0.311. The van der Waals surface area contributed by atoms with E-state index < -0.39 is 0 Å². The van der Waals surface area contributed by atoms with E-state index in [1.165, 1.54) is 25.0 Å². The predicted molar refractivity (Wildman–Crippen MR) is 68.6 cm³/mol. The quantitative estimate of drug-likeness (QED) is 0.830. The highest BCUT2D eigenvalue weighted by Gasteiger charge is 2.23. The molecule has 1 saturated carbocycles. The van der Waals surface area contributed by atoms with Gasteiger partial charge in [-0.1, -0.05) is 12.8 Å². The summed E-state index contributed by atoms with van der Waals surface area (Å²) in [6, 6.07) is 4.43. The summed E-state index contributed by atoms with van der Waals surface area (Å²) in [6.07, 6.45) is 4.63. The van der Waals surface area contributed by atoms with Crippen molar-refractivity contribution in [3.05, 3.63) is 34.4 Å². The SMILES string of the molecule is Fc1ccc(Br)c(-c2nnc(C3CCCC3)o2)c1. The Morgan fingerprint density at radius 1 is 1.22 bits per heavy atom. The van der Waals surface area contributed by atoms with Crippen LogP contribution in [0.4, 0.5) is 4.39 Å². The minimum Gasteiger partial charge on any atom is -0.420 e. The third-order valence-corrected chi connectivity index (χ3v) is 4.00. The van der Waals surface area contributed by atoms with Crippen molar-refractivity contribution in [2.75, 3.05) is 0 Å². The lowest BCUT2D eigenvalue weighted by atomic mass is 10.1. The van der Waals surface area contributed by atoms with Crippen molar-refractivity contribution < 1.29 is 8.81 Å². The van der Waals surface area contributed by atoms with Crippen LogP contribution in [0.2, 0.25) is 0 Å². The van der Waals surface area contributed by atoms with Crippen LogP contribution in [0.15, 0.2) is 27.1 Å². The molecular formula is C13H12BrFN2O. The molecule has 0 atom stereocenters. The maximum Gasteiger partial charge on any atom is 0.248 e. The van der Waals surface area contributed by atoms with Gasteiger partial charge in [0.25, 0.3) is 0 Å². The summed E-state index contributed by atoms with van der Waals surface area (Å²) < 4.78 is 19.7. The standard InChI is InChI=1S/C13H12BrFN2O/c14-11-6-5-9(15)7-10(11)13-17-16-12(18-13)8-3-1-2-4-8/h5-8H,1-4H2. The highest BCUT2D eigenvalue weighted by molar-refractivity contribution is 9.10. The van der Waals surface area contributed by atoms with Gasteiger partial charge in [0.1, 0.15) is 5.82 Å². The second-order valence-electron chi connectivity index (χ2n) is 4.55. The Labute approximate surface area is 113 Å². The first-order chi connectivity index (χ1) is 8.74. The summed E-state index contributed by atoms with van der Waals surface area (Å²) >= 11 is 3.37. The van der Waals surface area contributed by atoms with Gasteiger partial charge in [0.05, 0.1) is 5.56 Å². The first-order valence-electron chi connectivity index (χ1n) is 6.03. The van der Waals surface area contributed by atoms with E-state index >= 15 is 0 Å². The molecule has 5 heteroatoms. The first-order valence-corrected chi connectivity index (χ1v) is 6.82. The lowest BCUT2D eigenvalue weighted by Gasteiger charge is -2.01. The number of aromatic nitrogens is 2. The molecule has 1 aliphatic rings. The monoisotopic (exact) mass is 310 g/mol. The second-order valence-corrected chi connectivity index (χ2v) is 5.41. The highest BCUT2D eigenvalue weighted by atomic mass is 79.9. The van der Waals surface area contributed by atoms with E-state index in [4.69, 9.17) is 4.42 Å². The third-order valence-electron chi connectivity index (χ3n) is 3.30. The molecule has 18 heavy (non-hydrogen) atoms. The summed E-state index contributed by atoms with van der Waals surface area (Å²) in [5.41, 5.74) is 0.603. The van der Waals surface area contributed by atoms with Gasteiger partial charge < -0.3 is 4.42 Å². The number of rotatable bonds is 2. The number of benzene rings is 1. The van der Waals surface area contributed by atoms with Gasteiger partial charge in [0.2, 0.25) is 11.8 Å². The third kappa shape index (κ3) is 2.19. The molecule has 0 unspecified atom stereocenters. The molecule has 2 aromatic rings. The highest BCUT2D eigenvalue weighted by Crippen LogP contribution is 2.35. The number of hydrogen-bond donors (Lipinski definition) is 0. The van der Waals surface area contributed by atoms with Crippen LogP contribution < -0.4 is 0 Å². The van der Waals surface area contributed by atoms with Gasteiger partial charge in [-0.25, -0.2) is 4.39 Å². The Hall–Kier alpha value is -1.23. The Morgan fingerprint density at radius 2 is 2.00 bits per heavy atom. The Kier molecular flexibility index (Phi) is 3.16. The number of nitrogens with zero attached hydrogens (tertiary/aromatic N) is 2. The van der Waals surface area contributed by atoms with Gasteiger partial charge in [0, 0.05) is 10.4 Å². The van der Waals surface area contributed by atoms with Crippen LogP contribution in [-0.4, -0.2) is 10.2 Å². The molecule has 1 aromatic carbocycles. The van der Waals surface area contributed by atoms with Crippen molar-refractivity contribution in [3.8, 4) is 11.5 Å². The van der Waals surface area contributed by atoms with E-state index in [1.807, 2.05) is 0 Å². The zero-order valence-electron chi connectivity index (χ0n) is 9.70. The molecule has 0 N–H and O–H groups in total. The zero-order chi connectivity index (χ0) is 12.5. The topological polar surface area (TPSA) is 38.9 Å². The van der Waals surface area contributed by atoms with Crippen LogP contribution in [-0.2, 0) is 0 Å². The fraction of sp³-hybridized carbons (Fsp3) is 0.385. The molecule has 0 saturated heterocycles. The summed E-state index contributed by atoms with van der Waals surface area (Å²) in [7, 11) is 0. The lowest BCUT2D eigenvalue weighted by molar-refractivity contribution is 0.457. The van der Waals surface area contributed by atoms with Gasteiger partial charge in [-0.15, -0.1) is 10.2 Å². The van der Waals surface area contributed by atoms with Gasteiger partial charge in [0.15, 0.2) is 0 Å². The average Bonchev–Trinajstić information content (AvgIpc) is 3.00. The molecule has 0 bridgehead atoms.